The second-order valence-electron chi connectivity index (χ2n) is 9.05. The maximum absolute atomic E-state index is 12.5. The quantitative estimate of drug-likeness (QED) is 0.135. The number of carbonyl (C=O) groups is 1. The van der Waals surface area contributed by atoms with Crippen molar-refractivity contribution in [2.45, 2.75) is 25.7 Å². The number of allylic oxidation sites excluding steroid dienone is 5. The number of benzene rings is 2. The Morgan fingerprint density at radius 1 is 1.09 bits per heavy atom. The van der Waals surface area contributed by atoms with Gasteiger partial charge in [0.2, 0.25) is 5.62 Å². The number of methoxy groups -OCH3 is 1. The lowest BCUT2D eigenvalue weighted by Crippen LogP contribution is -2.41. The molecule has 0 spiro atoms. The number of hydrazone groups is 1. The van der Waals surface area contributed by atoms with Crippen LogP contribution in [0.3, 0.4) is 0 Å². The van der Waals surface area contributed by atoms with Crippen LogP contribution in [0.25, 0.3) is 11.0 Å². The van der Waals surface area contributed by atoms with Gasteiger partial charge >= 0.3 is 6.36 Å². The number of rotatable bonds is 6. The summed E-state index contributed by atoms with van der Waals surface area (Å²) in [7, 11) is 2.55. The van der Waals surface area contributed by atoms with Gasteiger partial charge in [0.25, 0.3) is 5.91 Å². The number of aromatic nitrogens is 2. The molecule has 0 aliphatic heterocycles. The zero-order valence-corrected chi connectivity index (χ0v) is 24.8. The molecule has 6 N–H and O–H groups in total. The molecule has 4 rings (SSSR count). The maximum Gasteiger partial charge on any atom is 0.522 e. The predicted octanol–water partition coefficient (Wildman–Crippen LogP) is 4.64. The van der Waals surface area contributed by atoms with Crippen molar-refractivity contribution in [3.05, 3.63) is 99.3 Å². The Hall–Kier alpha value is -4.04. The Morgan fingerprint density at radius 2 is 1.72 bits per heavy atom. The summed E-state index contributed by atoms with van der Waals surface area (Å²) < 4.78 is 38.7. The highest BCUT2D eigenvalue weighted by Crippen LogP contribution is 2.28. The van der Waals surface area contributed by atoms with Gasteiger partial charge in [-0.15, -0.1) is 13.2 Å². The van der Waals surface area contributed by atoms with Gasteiger partial charge in [-0.3, -0.25) is 9.53 Å². The topological polar surface area (TPSA) is 137 Å². The van der Waals surface area contributed by atoms with Crippen LogP contribution in [-0.2, 0) is 18.3 Å². The Kier molecular flexibility index (Phi) is 12.0. The van der Waals surface area contributed by atoms with Crippen molar-refractivity contribution < 1.29 is 22.7 Å². The number of aryl methyl sites for hydroxylation is 1. The molecule has 1 amide bonds. The predicted molar refractivity (Wildman–Crippen MR) is 162 cm³/mol. The molecule has 1 heterocycles. The molecule has 0 radical (unpaired) electrons. The van der Waals surface area contributed by atoms with Crippen LogP contribution in [0.5, 0.6) is 0 Å². The number of halogens is 5. The fraction of sp³-hybridized carbons (Fsp3) is 0.250. The fourth-order valence-corrected chi connectivity index (χ4v) is 4.29. The Balaban J connectivity index is 0.000000765. The Bertz CT molecular complexity index is 1620. The van der Waals surface area contributed by atoms with Crippen LogP contribution in [0.15, 0.2) is 82.6 Å². The lowest BCUT2D eigenvalue weighted by atomic mass is 10.1. The van der Waals surface area contributed by atoms with E-state index in [1.807, 2.05) is 48.0 Å². The first kappa shape index (κ1) is 33.5. The van der Waals surface area contributed by atoms with Crippen LogP contribution in [0.2, 0.25) is 10.0 Å². The summed E-state index contributed by atoms with van der Waals surface area (Å²) in [5.74, 6) is 10.5. The summed E-state index contributed by atoms with van der Waals surface area (Å²) in [6, 6.07) is 11.1. The minimum absolute atomic E-state index is 0.0917. The number of carbonyl (C=O) groups excluding carboxylic acids is 1. The molecule has 230 valence electrons. The van der Waals surface area contributed by atoms with Crippen molar-refractivity contribution in [3.8, 4) is 0 Å². The summed E-state index contributed by atoms with van der Waals surface area (Å²) in [6.07, 6.45) is 7.46. The fourth-order valence-electron chi connectivity index (χ4n) is 3.97. The average Bonchev–Trinajstić information content (AvgIpc) is 3.20. The van der Waals surface area contributed by atoms with E-state index in [4.69, 9.17) is 39.9 Å². The van der Waals surface area contributed by atoms with E-state index in [1.54, 1.807) is 12.1 Å². The molecule has 1 aliphatic carbocycles. The van der Waals surface area contributed by atoms with Crippen LogP contribution >= 0.6 is 23.2 Å². The van der Waals surface area contributed by atoms with Crippen molar-refractivity contribution in [3.63, 3.8) is 0 Å². The lowest BCUT2D eigenvalue weighted by molar-refractivity contribution is -0.311. The van der Waals surface area contributed by atoms with Gasteiger partial charge in [0.15, 0.2) is 5.84 Å². The van der Waals surface area contributed by atoms with Crippen LogP contribution in [0.1, 0.15) is 28.8 Å². The number of amides is 1. The van der Waals surface area contributed by atoms with Gasteiger partial charge in [-0.05, 0) is 36.2 Å². The van der Waals surface area contributed by atoms with Crippen LogP contribution in [0, 0.1) is 0 Å². The highest BCUT2D eigenvalue weighted by Gasteiger charge is 2.25. The molecular formula is C28H31Cl2F3N8O2. The molecule has 0 fully saturated rings. The molecule has 10 nitrogen and oxygen atoms in total. The van der Waals surface area contributed by atoms with Gasteiger partial charge in [-0.2, -0.15) is 5.10 Å². The number of nitrogens with one attached hydrogen (secondary N) is 2. The largest absolute Gasteiger partial charge is 0.522 e. The van der Waals surface area contributed by atoms with Crippen molar-refractivity contribution >= 4 is 46.0 Å². The van der Waals surface area contributed by atoms with E-state index in [0.717, 1.165) is 40.8 Å². The number of alkyl halides is 3. The molecule has 0 saturated heterocycles. The van der Waals surface area contributed by atoms with E-state index in [9.17, 15) is 18.0 Å². The molecule has 3 aromatic rings. The smallest absolute Gasteiger partial charge is 0.345 e. The first-order chi connectivity index (χ1) is 20.5. The van der Waals surface area contributed by atoms with Gasteiger partial charge < -0.3 is 25.7 Å². The number of ether oxygens (including phenoxy) is 1. The minimum Gasteiger partial charge on any atom is -0.345 e. The van der Waals surface area contributed by atoms with Crippen LogP contribution < -0.4 is 28.0 Å². The third-order valence-corrected chi connectivity index (χ3v) is 6.90. The van der Waals surface area contributed by atoms with Crippen molar-refractivity contribution in [2.75, 3.05) is 13.7 Å². The number of fused-ring (bicyclic) bond motifs is 1. The molecule has 0 bridgehead atoms. The number of nitrogens with two attached hydrogens (primary N) is 2. The molecule has 0 atom stereocenters. The average molecular weight is 640 g/mol. The lowest BCUT2D eigenvalue weighted by Gasteiger charge is -2.09. The molecule has 15 heteroatoms. The Labute approximate surface area is 255 Å². The number of hydrogen-bond donors (Lipinski definition) is 4. The first-order valence-electron chi connectivity index (χ1n) is 12.8. The van der Waals surface area contributed by atoms with Crippen molar-refractivity contribution in [1.82, 2.24) is 19.9 Å². The summed E-state index contributed by atoms with van der Waals surface area (Å²) in [5, 5.41) is 7.12. The molecule has 0 unspecified atom stereocenters. The van der Waals surface area contributed by atoms with Gasteiger partial charge in [0.1, 0.15) is 0 Å². The summed E-state index contributed by atoms with van der Waals surface area (Å²) >= 11 is 12.7. The second kappa shape index (κ2) is 15.4. The summed E-state index contributed by atoms with van der Waals surface area (Å²) in [4.78, 5) is 17.5. The second-order valence-corrected chi connectivity index (χ2v) is 9.87. The zero-order valence-electron chi connectivity index (χ0n) is 23.3. The standard InChI is InChI=1S/C26H28Cl2N8O.C2H3F3O/c1-35-22-13-20(27)21(28)14-23(22)36(26(35)32-19-7-5-3-2-4-6-8-19)16-17-9-11-18(12-10-17)25(37)31-15-24(33-29)34-30;1-6-2(3,4)5/h2-5,8-14H,6-7,15-16,29-30H2,1H3,(H,31,37)(H,33,34);1H3/b4-2-,5-3?,19-8+,32-26?;. The van der Waals surface area contributed by atoms with Crippen LogP contribution in [-0.4, -0.2) is 40.9 Å². The van der Waals surface area contributed by atoms with E-state index in [-0.39, 0.29) is 18.3 Å². The molecule has 1 aliphatic rings. The van der Waals surface area contributed by atoms with Gasteiger partial charge in [0.05, 0.1) is 34.2 Å². The maximum atomic E-state index is 12.5. The van der Waals surface area contributed by atoms with Crippen LogP contribution in [0.4, 0.5) is 13.2 Å². The van der Waals surface area contributed by atoms with Gasteiger partial charge in [-0.1, -0.05) is 65.7 Å². The van der Waals surface area contributed by atoms with E-state index < -0.39 is 6.36 Å². The van der Waals surface area contributed by atoms with E-state index in [2.05, 4.69) is 43.4 Å². The number of nitrogens with zero attached hydrogens (tertiary/aromatic N) is 4. The molecule has 1 aromatic heterocycles. The third kappa shape index (κ3) is 9.48. The highest BCUT2D eigenvalue weighted by atomic mass is 35.5. The summed E-state index contributed by atoms with van der Waals surface area (Å²) in [6.45, 7) is 0.606. The number of hydrazine groups is 1. The van der Waals surface area contributed by atoms with E-state index in [0.29, 0.717) is 29.3 Å². The van der Waals surface area contributed by atoms with E-state index in [1.165, 1.54) is 0 Å². The number of hydrogen-bond acceptors (Lipinski definition) is 6. The minimum atomic E-state index is -4.46. The Morgan fingerprint density at radius 3 is 2.33 bits per heavy atom. The third-order valence-electron chi connectivity index (χ3n) is 6.18. The van der Waals surface area contributed by atoms with Crippen molar-refractivity contribution in [2.24, 2.45) is 28.8 Å². The van der Waals surface area contributed by atoms with Gasteiger partial charge in [-0.25, -0.2) is 10.8 Å². The number of imidazole rings is 1. The molecule has 2 aromatic carbocycles. The monoisotopic (exact) mass is 638 g/mol. The van der Waals surface area contributed by atoms with Gasteiger partial charge in [0, 0.05) is 31.8 Å². The van der Waals surface area contributed by atoms with E-state index >= 15 is 0 Å². The molecular weight excluding hydrogens is 608 g/mol. The molecule has 0 saturated carbocycles. The molecule has 43 heavy (non-hydrogen) atoms. The number of amidine groups is 1. The highest BCUT2D eigenvalue weighted by molar-refractivity contribution is 6.42. The normalized spacial score (nSPS) is 16.0. The SMILES string of the molecule is COC(F)(F)F.Cn1c(=N/C2=C/C/C=C\C=CC2)n(Cc2ccc(C(=O)NC/C(=N/N)NN)cc2)c2cc(Cl)c(Cl)cc21. The first-order valence-corrected chi connectivity index (χ1v) is 13.5. The summed E-state index contributed by atoms with van der Waals surface area (Å²) in [5.41, 5.74) is 7.37. The zero-order chi connectivity index (χ0) is 31.6. The van der Waals surface area contributed by atoms with Crippen molar-refractivity contribution in [1.29, 1.82) is 0 Å².